The molecule has 2 rings (SSSR count). The summed E-state index contributed by atoms with van der Waals surface area (Å²) in [5.41, 5.74) is 0.343. The maximum atomic E-state index is 13.3. The van der Waals surface area contributed by atoms with E-state index >= 15 is 0 Å². The van der Waals surface area contributed by atoms with Crippen LogP contribution in [0.25, 0.3) is 11.4 Å². The maximum Gasteiger partial charge on any atom is 0.240 e. The monoisotopic (exact) mass is 303 g/mol. The predicted molar refractivity (Wildman–Crippen MR) is 60.1 cm³/mol. The summed E-state index contributed by atoms with van der Waals surface area (Å²) in [6.45, 7) is 0.411. The summed E-state index contributed by atoms with van der Waals surface area (Å²) in [5.74, 6) is -1.32. The SMILES string of the molecule is CNCc1nc(-c2ccc(F)c(F)c2Br)no1. The van der Waals surface area contributed by atoms with E-state index in [0.29, 0.717) is 18.0 Å². The molecular weight excluding hydrogens is 296 g/mol. The molecule has 0 atom stereocenters. The minimum absolute atomic E-state index is 0.0192. The third kappa shape index (κ3) is 2.34. The lowest BCUT2D eigenvalue weighted by Crippen LogP contribution is -2.04. The molecule has 1 aromatic heterocycles. The average molecular weight is 304 g/mol. The highest BCUT2D eigenvalue weighted by molar-refractivity contribution is 9.10. The number of aromatic nitrogens is 2. The quantitative estimate of drug-likeness (QED) is 0.885. The third-order valence-electron chi connectivity index (χ3n) is 2.07. The first-order chi connectivity index (χ1) is 8.13. The van der Waals surface area contributed by atoms with Crippen LogP contribution in [0.1, 0.15) is 5.89 Å². The van der Waals surface area contributed by atoms with Crippen LogP contribution >= 0.6 is 15.9 Å². The van der Waals surface area contributed by atoms with E-state index in [1.807, 2.05) is 0 Å². The van der Waals surface area contributed by atoms with Gasteiger partial charge in [-0.15, -0.1) is 0 Å². The maximum absolute atomic E-state index is 13.3. The van der Waals surface area contributed by atoms with Crippen LogP contribution in [-0.4, -0.2) is 17.2 Å². The van der Waals surface area contributed by atoms with Gasteiger partial charge in [-0.3, -0.25) is 0 Å². The lowest BCUT2D eigenvalue weighted by atomic mass is 10.2. The van der Waals surface area contributed by atoms with Crippen molar-refractivity contribution in [3.63, 3.8) is 0 Å². The second-order valence-corrected chi connectivity index (χ2v) is 4.06. The molecule has 4 nitrogen and oxygen atoms in total. The Kier molecular flexibility index (Phi) is 3.49. The van der Waals surface area contributed by atoms with Gasteiger partial charge in [0.05, 0.1) is 11.0 Å². The van der Waals surface area contributed by atoms with Crippen molar-refractivity contribution in [3.8, 4) is 11.4 Å². The lowest BCUT2D eigenvalue weighted by Gasteiger charge is -2.00. The second kappa shape index (κ2) is 4.89. The van der Waals surface area contributed by atoms with Gasteiger partial charge in [0, 0.05) is 5.56 Å². The number of benzene rings is 1. The summed E-state index contributed by atoms with van der Waals surface area (Å²) in [5, 5.41) is 6.53. The molecular formula is C10H8BrF2N3O. The van der Waals surface area contributed by atoms with Gasteiger partial charge in [0.1, 0.15) is 0 Å². The standard InChI is InChI=1S/C10H8BrF2N3O/c1-14-4-7-15-10(16-17-7)5-2-3-6(12)9(13)8(5)11/h2-3,14H,4H2,1H3. The Hall–Kier alpha value is -1.34. The second-order valence-electron chi connectivity index (χ2n) is 3.26. The van der Waals surface area contributed by atoms with Crippen LogP contribution in [0.4, 0.5) is 8.78 Å². The van der Waals surface area contributed by atoms with E-state index in [-0.39, 0.29) is 10.3 Å². The summed E-state index contributed by atoms with van der Waals surface area (Å²) in [7, 11) is 1.73. The minimum Gasteiger partial charge on any atom is -0.338 e. The van der Waals surface area contributed by atoms with E-state index in [0.717, 1.165) is 6.07 Å². The van der Waals surface area contributed by atoms with Crippen LogP contribution in [0.5, 0.6) is 0 Å². The summed E-state index contributed by atoms with van der Waals surface area (Å²) in [4.78, 5) is 4.04. The van der Waals surface area contributed by atoms with Crippen molar-refractivity contribution >= 4 is 15.9 Å². The number of nitrogens with zero attached hydrogens (tertiary/aromatic N) is 2. The Bertz CT molecular complexity index is 544. The summed E-state index contributed by atoms with van der Waals surface area (Å²) < 4.78 is 31.1. The minimum atomic E-state index is -0.970. The zero-order valence-electron chi connectivity index (χ0n) is 8.80. The van der Waals surface area contributed by atoms with Crippen LogP contribution in [0.3, 0.4) is 0 Å². The van der Waals surface area contributed by atoms with E-state index in [9.17, 15) is 8.78 Å². The Labute approximate surface area is 104 Å². The van der Waals surface area contributed by atoms with Crippen molar-refractivity contribution in [1.82, 2.24) is 15.5 Å². The molecule has 0 fully saturated rings. The van der Waals surface area contributed by atoms with E-state index in [1.54, 1.807) is 7.05 Å². The number of halogens is 3. The Morgan fingerprint density at radius 2 is 2.18 bits per heavy atom. The molecule has 7 heteroatoms. The average Bonchev–Trinajstić information content (AvgIpc) is 2.75. The van der Waals surface area contributed by atoms with Gasteiger partial charge in [-0.25, -0.2) is 8.78 Å². The molecule has 0 aliphatic carbocycles. The molecule has 0 aliphatic heterocycles. The van der Waals surface area contributed by atoms with E-state index in [4.69, 9.17) is 4.52 Å². The van der Waals surface area contributed by atoms with Gasteiger partial charge in [0.25, 0.3) is 0 Å². The van der Waals surface area contributed by atoms with Gasteiger partial charge < -0.3 is 9.84 Å². The van der Waals surface area contributed by atoms with E-state index < -0.39 is 11.6 Å². The molecule has 0 amide bonds. The Balaban J connectivity index is 2.42. The molecule has 2 aromatic rings. The number of hydrogen-bond donors (Lipinski definition) is 1. The van der Waals surface area contributed by atoms with Crippen molar-refractivity contribution in [2.45, 2.75) is 6.54 Å². The van der Waals surface area contributed by atoms with Gasteiger partial charge in [-0.1, -0.05) is 5.16 Å². The van der Waals surface area contributed by atoms with Gasteiger partial charge in [-0.2, -0.15) is 4.98 Å². The van der Waals surface area contributed by atoms with Crippen molar-refractivity contribution < 1.29 is 13.3 Å². The van der Waals surface area contributed by atoms with Gasteiger partial charge in [0.2, 0.25) is 11.7 Å². The zero-order valence-corrected chi connectivity index (χ0v) is 10.4. The first-order valence-electron chi connectivity index (χ1n) is 4.74. The topological polar surface area (TPSA) is 51.0 Å². The summed E-state index contributed by atoms with van der Waals surface area (Å²) in [6.07, 6.45) is 0. The smallest absolute Gasteiger partial charge is 0.240 e. The van der Waals surface area contributed by atoms with Gasteiger partial charge in [0.15, 0.2) is 11.6 Å². The number of nitrogens with one attached hydrogen (secondary N) is 1. The molecule has 1 aromatic carbocycles. The number of rotatable bonds is 3. The first-order valence-corrected chi connectivity index (χ1v) is 5.54. The summed E-state index contributed by atoms with van der Waals surface area (Å²) in [6, 6.07) is 2.40. The van der Waals surface area contributed by atoms with Crippen LogP contribution in [0.15, 0.2) is 21.1 Å². The normalized spacial score (nSPS) is 10.8. The van der Waals surface area contributed by atoms with Gasteiger partial charge >= 0.3 is 0 Å². The fraction of sp³-hybridized carbons (Fsp3) is 0.200. The molecule has 17 heavy (non-hydrogen) atoms. The molecule has 0 saturated carbocycles. The van der Waals surface area contributed by atoms with Crippen molar-refractivity contribution in [2.24, 2.45) is 0 Å². The van der Waals surface area contributed by atoms with Crippen LogP contribution in [-0.2, 0) is 6.54 Å². The fourth-order valence-corrected chi connectivity index (χ4v) is 1.78. The van der Waals surface area contributed by atoms with Crippen LogP contribution < -0.4 is 5.32 Å². The molecule has 0 saturated heterocycles. The summed E-state index contributed by atoms with van der Waals surface area (Å²) >= 11 is 2.96. The molecule has 90 valence electrons. The number of hydrogen-bond acceptors (Lipinski definition) is 4. The van der Waals surface area contributed by atoms with Crippen molar-refractivity contribution in [1.29, 1.82) is 0 Å². The van der Waals surface area contributed by atoms with Crippen molar-refractivity contribution in [2.75, 3.05) is 7.05 Å². The highest BCUT2D eigenvalue weighted by atomic mass is 79.9. The first kappa shape index (κ1) is 12.1. The Morgan fingerprint density at radius 1 is 1.41 bits per heavy atom. The van der Waals surface area contributed by atoms with Crippen molar-refractivity contribution in [3.05, 3.63) is 34.1 Å². The van der Waals surface area contributed by atoms with Crippen LogP contribution in [0, 0.1) is 11.6 Å². The molecule has 0 spiro atoms. The highest BCUT2D eigenvalue weighted by Gasteiger charge is 2.16. The van der Waals surface area contributed by atoms with Gasteiger partial charge in [-0.05, 0) is 35.1 Å². The zero-order chi connectivity index (χ0) is 12.4. The fourth-order valence-electron chi connectivity index (χ4n) is 1.29. The molecule has 0 aliphatic rings. The highest BCUT2D eigenvalue weighted by Crippen LogP contribution is 2.29. The van der Waals surface area contributed by atoms with E-state index in [1.165, 1.54) is 6.07 Å². The van der Waals surface area contributed by atoms with E-state index in [2.05, 4.69) is 31.4 Å². The lowest BCUT2D eigenvalue weighted by molar-refractivity contribution is 0.372. The molecule has 0 radical (unpaired) electrons. The Morgan fingerprint density at radius 3 is 2.88 bits per heavy atom. The predicted octanol–water partition coefficient (Wildman–Crippen LogP) is 2.50. The third-order valence-corrected chi connectivity index (χ3v) is 2.85. The molecule has 0 unspecified atom stereocenters. The molecule has 1 N–H and O–H groups in total. The van der Waals surface area contributed by atoms with Crippen LogP contribution in [0.2, 0.25) is 0 Å². The molecule has 0 bridgehead atoms. The molecule has 1 heterocycles. The largest absolute Gasteiger partial charge is 0.338 e.